The Hall–Kier alpha value is -1.55. The summed E-state index contributed by atoms with van der Waals surface area (Å²) in [7, 11) is 5.70. The fourth-order valence-electron chi connectivity index (χ4n) is 3.37. The molecule has 2 aliphatic heterocycles. The number of likely N-dealkylation sites (N-methyl/N-ethyl adjacent to an activating group) is 2. The van der Waals surface area contributed by atoms with Gasteiger partial charge in [-0.05, 0) is 19.5 Å². The van der Waals surface area contributed by atoms with E-state index in [1.165, 1.54) is 5.56 Å². The van der Waals surface area contributed by atoms with Crippen LogP contribution < -0.4 is 4.74 Å². The number of ether oxygens (including phenoxy) is 1. The zero-order valence-electron chi connectivity index (χ0n) is 11.7. The molecule has 0 aromatic heterocycles. The van der Waals surface area contributed by atoms with Crippen molar-refractivity contribution in [1.29, 1.82) is 0 Å². The second kappa shape index (κ2) is 4.53. The van der Waals surface area contributed by atoms with Gasteiger partial charge in [0.2, 0.25) is 5.91 Å². The maximum Gasteiger partial charge on any atom is 0.239 e. The van der Waals surface area contributed by atoms with Crippen LogP contribution in [0.15, 0.2) is 24.3 Å². The molecule has 19 heavy (non-hydrogen) atoms. The molecule has 1 aromatic rings. The average molecular weight is 260 g/mol. The maximum atomic E-state index is 12.3. The van der Waals surface area contributed by atoms with Crippen molar-refractivity contribution in [3.63, 3.8) is 0 Å². The van der Waals surface area contributed by atoms with Crippen LogP contribution in [0.3, 0.4) is 0 Å². The minimum absolute atomic E-state index is 0.0280. The molecule has 0 radical (unpaired) electrons. The van der Waals surface area contributed by atoms with Crippen LogP contribution in [-0.4, -0.2) is 49.5 Å². The van der Waals surface area contributed by atoms with E-state index in [0.717, 1.165) is 12.2 Å². The molecule has 0 saturated carbocycles. The van der Waals surface area contributed by atoms with Gasteiger partial charge in [-0.1, -0.05) is 18.2 Å². The standard InChI is InChI=1S/C15H20N2O2/c1-16(2)15(18)12-8-10-9-19-13-7-5-4-6-11(13)14(10)17(12)3/h4-7,10,12,14H,8-9H2,1-3H3/t10?,12-,14?/m1/s1. The van der Waals surface area contributed by atoms with E-state index in [0.29, 0.717) is 18.6 Å². The third kappa shape index (κ3) is 1.91. The number of carbonyl (C=O) groups is 1. The second-order valence-corrected chi connectivity index (χ2v) is 5.70. The lowest BCUT2D eigenvalue weighted by molar-refractivity contribution is -0.133. The van der Waals surface area contributed by atoms with Crippen molar-refractivity contribution in [2.45, 2.75) is 18.5 Å². The van der Waals surface area contributed by atoms with Gasteiger partial charge in [0.05, 0.1) is 12.6 Å². The number of amides is 1. The maximum absolute atomic E-state index is 12.3. The summed E-state index contributed by atoms with van der Waals surface area (Å²) in [5.41, 5.74) is 1.22. The highest BCUT2D eigenvalue weighted by atomic mass is 16.5. The van der Waals surface area contributed by atoms with Crippen molar-refractivity contribution in [2.75, 3.05) is 27.7 Å². The predicted octanol–water partition coefficient (Wildman–Crippen LogP) is 1.53. The highest BCUT2D eigenvalue weighted by Crippen LogP contribution is 2.46. The molecule has 3 rings (SSSR count). The minimum Gasteiger partial charge on any atom is -0.493 e. The second-order valence-electron chi connectivity index (χ2n) is 5.70. The lowest BCUT2D eigenvalue weighted by Crippen LogP contribution is -2.41. The molecule has 1 fully saturated rings. The number of likely N-dealkylation sites (tertiary alicyclic amines) is 1. The molecule has 0 N–H and O–H groups in total. The molecule has 0 spiro atoms. The van der Waals surface area contributed by atoms with Crippen LogP contribution in [0.25, 0.3) is 0 Å². The first-order chi connectivity index (χ1) is 9.09. The lowest BCUT2D eigenvalue weighted by Gasteiger charge is -2.33. The van der Waals surface area contributed by atoms with Crippen molar-refractivity contribution in [3.8, 4) is 5.75 Å². The topological polar surface area (TPSA) is 32.8 Å². The van der Waals surface area contributed by atoms with Gasteiger partial charge < -0.3 is 9.64 Å². The monoisotopic (exact) mass is 260 g/mol. The fourth-order valence-corrected chi connectivity index (χ4v) is 3.37. The van der Waals surface area contributed by atoms with Gasteiger partial charge in [-0.15, -0.1) is 0 Å². The summed E-state index contributed by atoms with van der Waals surface area (Å²) >= 11 is 0. The molecule has 3 atom stereocenters. The Balaban J connectivity index is 1.92. The van der Waals surface area contributed by atoms with Crippen molar-refractivity contribution in [3.05, 3.63) is 29.8 Å². The Labute approximate surface area is 113 Å². The van der Waals surface area contributed by atoms with Crippen LogP contribution in [0.4, 0.5) is 0 Å². The van der Waals surface area contributed by atoms with Gasteiger partial charge in [0.15, 0.2) is 0 Å². The molecule has 102 valence electrons. The Morgan fingerprint density at radius 2 is 2.11 bits per heavy atom. The van der Waals surface area contributed by atoms with E-state index in [4.69, 9.17) is 4.74 Å². The van der Waals surface area contributed by atoms with Gasteiger partial charge in [-0.25, -0.2) is 0 Å². The highest BCUT2D eigenvalue weighted by molar-refractivity contribution is 5.82. The van der Waals surface area contributed by atoms with Gasteiger partial charge >= 0.3 is 0 Å². The van der Waals surface area contributed by atoms with Crippen LogP contribution >= 0.6 is 0 Å². The van der Waals surface area contributed by atoms with Crippen LogP contribution in [-0.2, 0) is 4.79 Å². The predicted molar refractivity (Wildman–Crippen MR) is 73.0 cm³/mol. The zero-order valence-corrected chi connectivity index (χ0v) is 11.7. The van der Waals surface area contributed by atoms with Crippen molar-refractivity contribution in [2.24, 2.45) is 5.92 Å². The Bertz CT molecular complexity index is 501. The number of para-hydroxylation sites is 1. The van der Waals surface area contributed by atoms with Gasteiger partial charge in [0.25, 0.3) is 0 Å². The quantitative estimate of drug-likeness (QED) is 0.767. The number of fused-ring (bicyclic) bond motifs is 3. The number of carbonyl (C=O) groups excluding carboxylic acids is 1. The Kier molecular flexibility index (Phi) is 2.97. The normalized spacial score (nSPS) is 29.3. The molecular formula is C15H20N2O2. The van der Waals surface area contributed by atoms with E-state index in [1.807, 2.05) is 32.3 Å². The lowest BCUT2D eigenvalue weighted by atomic mass is 9.91. The van der Waals surface area contributed by atoms with E-state index in [9.17, 15) is 4.79 Å². The first-order valence-electron chi connectivity index (χ1n) is 6.74. The van der Waals surface area contributed by atoms with Gasteiger partial charge in [0.1, 0.15) is 5.75 Å². The first-order valence-corrected chi connectivity index (χ1v) is 6.74. The van der Waals surface area contributed by atoms with E-state index < -0.39 is 0 Å². The molecule has 1 aromatic carbocycles. The molecule has 4 heteroatoms. The van der Waals surface area contributed by atoms with Crippen LogP contribution in [0.5, 0.6) is 5.75 Å². The average Bonchev–Trinajstić information content (AvgIpc) is 2.75. The van der Waals surface area contributed by atoms with Crippen LogP contribution in [0.1, 0.15) is 18.0 Å². The molecule has 0 aliphatic carbocycles. The minimum atomic E-state index is -0.0280. The molecule has 0 bridgehead atoms. The number of hydrogen-bond acceptors (Lipinski definition) is 3. The van der Waals surface area contributed by atoms with Crippen molar-refractivity contribution >= 4 is 5.91 Å². The van der Waals surface area contributed by atoms with E-state index in [2.05, 4.69) is 18.0 Å². The number of nitrogens with zero attached hydrogens (tertiary/aromatic N) is 2. The third-order valence-corrected chi connectivity index (χ3v) is 4.32. The molecule has 1 saturated heterocycles. The Morgan fingerprint density at radius 1 is 1.37 bits per heavy atom. The molecular weight excluding hydrogens is 240 g/mol. The summed E-state index contributed by atoms with van der Waals surface area (Å²) in [5, 5.41) is 0. The summed E-state index contributed by atoms with van der Waals surface area (Å²) in [6.07, 6.45) is 0.881. The summed E-state index contributed by atoms with van der Waals surface area (Å²) in [4.78, 5) is 16.2. The fraction of sp³-hybridized carbons (Fsp3) is 0.533. The van der Waals surface area contributed by atoms with Crippen LogP contribution in [0, 0.1) is 5.92 Å². The van der Waals surface area contributed by atoms with Crippen molar-refractivity contribution in [1.82, 2.24) is 9.80 Å². The molecule has 2 aliphatic rings. The van der Waals surface area contributed by atoms with Gasteiger partial charge in [0, 0.05) is 31.6 Å². The zero-order chi connectivity index (χ0) is 13.6. The van der Waals surface area contributed by atoms with E-state index >= 15 is 0 Å². The number of rotatable bonds is 1. The molecule has 2 heterocycles. The van der Waals surface area contributed by atoms with E-state index in [1.54, 1.807) is 4.90 Å². The summed E-state index contributed by atoms with van der Waals surface area (Å²) < 4.78 is 5.82. The van der Waals surface area contributed by atoms with E-state index in [-0.39, 0.29) is 11.9 Å². The summed E-state index contributed by atoms with van der Waals surface area (Å²) in [6.45, 7) is 0.712. The Morgan fingerprint density at radius 3 is 2.84 bits per heavy atom. The number of hydrogen-bond donors (Lipinski definition) is 0. The molecule has 1 amide bonds. The van der Waals surface area contributed by atoms with Crippen LogP contribution in [0.2, 0.25) is 0 Å². The first kappa shape index (κ1) is 12.5. The molecule has 4 nitrogen and oxygen atoms in total. The SMILES string of the molecule is CN(C)C(=O)[C@H]1CC2COc3ccccc3C2N1C. The van der Waals surface area contributed by atoms with Crippen molar-refractivity contribution < 1.29 is 9.53 Å². The molecule has 2 unspecified atom stereocenters. The van der Waals surface area contributed by atoms with Gasteiger partial charge in [-0.3, -0.25) is 9.69 Å². The highest BCUT2D eigenvalue weighted by Gasteiger charge is 2.46. The summed E-state index contributed by atoms with van der Waals surface area (Å²) in [5.74, 6) is 1.57. The smallest absolute Gasteiger partial charge is 0.239 e. The largest absolute Gasteiger partial charge is 0.493 e. The number of benzene rings is 1. The van der Waals surface area contributed by atoms with Gasteiger partial charge in [-0.2, -0.15) is 0 Å². The summed E-state index contributed by atoms with van der Waals surface area (Å²) in [6, 6.07) is 8.44. The third-order valence-electron chi connectivity index (χ3n) is 4.32.